The van der Waals surface area contributed by atoms with Crippen molar-refractivity contribution in [3.8, 4) is 0 Å². The molecule has 0 radical (unpaired) electrons. The maximum absolute atomic E-state index is 11.8. The van der Waals surface area contributed by atoms with Gasteiger partial charge in [-0.05, 0) is 18.9 Å². The molecule has 2 heteroatoms. The molecule has 0 aromatic carbocycles. The first-order valence-corrected chi connectivity index (χ1v) is 4.68. The summed E-state index contributed by atoms with van der Waals surface area (Å²) in [6, 6.07) is 0. The average Bonchev–Trinajstić information content (AvgIpc) is 2.01. The predicted octanol–water partition coefficient (Wildman–Crippen LogP) is 2.28. The Hall–Kier alpha value is -0.920. The van der Waals surface area contributed by atoms with Crippen LogP contribution in [0.5, 0.6) is 0 Å². The Balaban J connectivity index is 3.19. The molecular weight excluding hydrogens is 164 g/mol. The van der Waals surface area contributed by atoms with Crippen LogP contribution in [0.2, 0.25) is 0 Å². The lowest BCUT2D eigenvalue weighted by Crippen LogP contribution is -2.34. The van der Waals surface area contributed by atoms with Gasteiger partial charge in [0.2, 0.25) is 0 Å². The maximum Gasteiger partial charge on any atom is 0.165 e. The SMILES string of the molecule is CCC1=C(C)C(=O)C(C)(C)CC1=O. The summed E-state index contributed by atoms with van der Waals surface area (Å²) in [6.07, 6.45) is 1.04. The van der Waals surface area contributed by atoms with Gasteiger partial charge in [0.25, 0.3) is 0 Å². The summed E-state index contributed by atoms with van der Waals surface area (Å²) >= 11 is 0. The normalized spacial score (nSPS) is 22.5. The van der Waals surface area contributed by atoms with E-state index in [4.69, 9.17) is 0 Å². The Morgan fingerprint density at radius 2 is 1.85 bits per heavy atom. The summed E-state index contributed by atoms with van der Waals surface area (Å²) < 4.78 is 0. The lowest BCUT2D eigenvalue weighted by molar-refractivity contribution is -0.130. The van der Waals surface area contributed by atoms with Crippen LogP contribution in [0.25, 0.3) is 0 Å². The highest BCUT2D eigenvalue weighted by atomic mass is 16.1. The van der Waals surface area contributed by atoms with E-state index >= 15 is 0 Å². The fourth-order valence-electron chi connectivity index (χ4n) is 1.90. The molecule has 0 bridgehead atoms. The minimum atomic E-state index is -0.486. The lowest BCUT2D eigenvalue weighted by Gasteiger charge is -2.28. The Morgan fingerprint density at radius 3 is 2.31 bits per heavy atom. The van der Waals surface area contributed by atoms with Crippen LogP contribution >= 0.6 is 0 Å². The molecule has 0 fully saturated rings. The smallest absolute Gasteiger partial charge is 0.165 e. The number of allylic oxidation sites excluding steroid dienone is 2. The molecule has 0 aliphatic heterocycles. The summed E-state index contributed by atoms with van der Waals surface area (Å²) in [6.45, 7) is 7.36. The quantitative estimate of drug-likeness (QED) is 0.620. The fourth-order valence-corrected chi connectivity index (χ4v) is 1.90. The molecule has 0 atom stereocenters. The van der Waals surface area contributed by atoms with Gasteiger partial charge in [-0.2, -0.15) is 0 Å². The molecule has 0 amide bonds. The van der Waals surface area contributed by atoms with Crippen LogP contribution in [-0.2, 0) is 9.59 Å². The number of carbonyl (C=O) groups excluding carboxylic acids is 2. The van der Waals surface area contributed by atoms with Gasteiger partial charge >= 0.3 is 0 Å². The third-order valence-electron chi connectivity index (χ3n) is 2.70. The van der Waals surface area contributed by atoms with E-state index in [0.29, 0.717) is 18.4 Å². The first-order chi connectivity index (χ1) is 5.90. The highest BCUT2D eigenvalue weighted by Gasteiger charge is 2.37. The highest BCUT2D eigenvalue weighted by Crippen LogP contribution is 2.34. The van der Waals surface area contributed by atoms with Gasteiger partial charge in [-0.15, -0.1) is 0 Å². The maximum atomic E-state index is 11.8. The molecule has 1 rings (SSSR count). The molecule has 1 aliphatic carbocycles. The highest BCUT2D eigenvalue weighted by molar-refractivity contribution is 6.13. The number of hydrogen-bond acceptors (Lipinski definition) is 2. The van der Waals surface area contributed by atoms with Gasteiger partial charge in [0, 0.05) is 17.4 Å². The van der Waals surface area contributed by atoms with Crippen LogP contribution in [0, 0.1) is 5.41 Å². The molecule has 72 valence electrons. The van der Waals surface area contributed by atoms with Crippen LogP contribution in [0.1, 0.15) is 40.5 Å². The monoisotopic (exact) mass is 180 g/mol. The van der Waals surface area contributed by atoms with Crippen molar-refractivity contribution in [2.24, 2.45) is 5.41 Å². The summed E-state index contributed by atoms with van der Waals surface area (Å²) in [5.41, 5.74) is 0.910. The molecular formula is C11H16O2. The summed E-state index contributed by atoms with van der Waals surface area (Å²) in [4.78, 5) is 23.3. The molecule has 0 saturated heterocycles. The van der Waals surface area contributed by atoms with E-state index in [1.807, 2.05) is 20.8 Å². The van der Waals surface area contributed by atoms with E-state index in [2.05, 4.69) is 0 Å². The minimum absolute atomic E-state index is 0.129. The zero-order valence-corrected chi connectivity index (χ0v) is 8.73. The summed E-state index contributed by atoms with van der Waals surface area (Å²) in [5.74, 6) is 0.272. The van der Waals surface area contributed by atoms with E-state index in [1.165, 1.54) is 0 Å². The van der Waals surface area contributed by atoms with Gasteiger partial charge in [-0.1, -0.05) is 20.8 Å². The Bertz CT molecular complexity index is 295. The molecule has 0 saturated carbocycles. The molecule has 0 spiro atoms. The van der Waals surface area contributed by atoms with E-state index < -0.39 is 5.41 Å². The first kappa shape index (κ1) is 10.2. The van der Waals surface area contributed by atoms with Gasteiger partial charge < -0.3 is 0 Å². The van der Waals surface area contributed by atoms with Crippen LogP contribution in [0.15, 0.2) is 11.1 Å². The standard InChI is InChI=1S/C11H16O2/c1-5-8-7(2)10(13)11(3,4)6-9(8)12/h5-6H2,1-4H3. The molecule has 1 aliphatic rings. The topological polar surface area (TPSA) is 34.1 Å². The van der Waals surface area contributed by atoms with Crippen molar-refractivity contribution < 1.29 is 9.59 Å². The molecule has 2 nitrogen and oxygen atoms in total. The van der Waals surface area contributed by atoms with E-state index in [0.717, 1.165) is 5.57 Å². The Labute approximate surface area is 79.0 Å². The van der Waals surface area contributed by atoms with Crippen molar-refractivity contribution in [1.29, 1.82) is 0 Å². The first-order valence-electron chi connectivity index (χ1n) is 4.68. The number of hydrogen-bond donors (Lipinski definition) is 0. The molecule has 0 aromatic rings. The average molecular weight is 180 g/mol. The van der Waals surface area contributed by atoms with Gasteiger partial charge in [-0.25, -0.2) is 0 Å². The van der Waals surface area contributed by atoms with Crippen molar-refractivity contribution in [2.75, 3.05) is 0 Å². The van der Waals surface area contributed by atoms with Crippen molar-refractivity contribution in [1.82, 2.24) is 0 Å². The lowest BCUT2D eigenvalue weighted by atomic mass is 9.72. The second-order valence-corrected chi connectivity index (χ2v) is 4.27. The van der Waals surface area contributed by atoms with Crippen molar-refractivity contribution in [3.05, 3.63) is 11.1 Å². The molecule has 0 heterocycles. The number of rotatable bonds is 1. The van der Waals surface area contributed by atoms with E-state index in [9.17, 15) is 9.59 Å². The van der Waals surface area contributed by atoms with Crippen LogP contribution in [0.3, 0.4) is 0 Å². The van der Waals surface area contributed by atoms with Gasteiger partial charge in [0.1, 0.15) is 0 Å². The van der Waals surface area contributed by atoms with Crippen LogP contribution in [-0.4, -0.2) is 11.6 Å². The number of ketones is 2. The largest absolute Gasteiger partial charge is 0.295 e. The summed E-state index contributed by atoms with van der Waals surface area (Å²) in [7, 11) is 0. The Morgan fingerprint density at radius 1 is 1.31 bits per heavy atom. The number of carbonyl (C=O) groups is 2. The fraction of sp³-hybridized carbons (Fsp3) is 0.636. The van der Waals surface area contributed by atoms with Crippen molar-refractivity contribution in [3.63, 3.8) is 0 Å². The molecule has 0 aromatic heterocycles. The second kappa shape index (κ2) is 3.09. The third-order valence-corrected chi connectivity index (χ3v) is 2.70. The molecule has 13 heavy (non-hydrogen) atoms. The third kappa shape index (κ3) is 1.58. The number of Topliss-reactive ketones (excluding diaryl/α,β-unsaturated/α-hetero) is 2. The summed E-state index contributed by atoms with van der Waals surface area (Å²) in [5, 5.41) is 0. The van der Waals surface area contributed by atoms with Gasteiger partial charge in [-0.3, -0.25) is 9.59 Å². The molecule has 0 N–H and O–H groups in total. The van der Waals surface area contributed by atoms with Crippen LogP contribution < -0.4 is 0 Å². The van der Waals surface area contributed by atoms with Crippen molar-refractivity contribution in [2.45, 2.75) is 40.5 Å². The van der Waals surface area contributed by atoms with Gasteiger partial charge in [0.05, 0.1) is 0 Å². The molecule has 0 unspecified atom stereocenters. The second-order valence-electron chi connectivity index (χ2n) is 4.27. The zero-order chi connectivity index (χ0) is 10.2. The predicted molar refractivity (Wildman–Crippen MR) is 51.4 cm³/mol. The van der Waals surface area contributed by atoms with Gasteiger partial charge in [0.15, 0.2) is 11.6 Å². The van der Waals surface area contributed by atoms with Crippen LogP contribution in [0.4, 0.5) is 0 Å². The van der Waals surface area contributed by atoms with Crippen molar-refractivity contribution >= 4 is 11.6 Å². The zero-order valence-electron chi connectivity index (χ0n) is 8.73. The van der Waals surface area contributed by atoms with E-state index in [1.54, 1.807) is 6.92 Å². The Kier molecular flexibility index (Phi) is 2.42. The van der Waals surface area contributed by atoms with E-state index in [-0.39, 0.29) is 11.6 Å². The minimum Gasteiger partial charge on any atom is -0.295 e.